The fourth-order valence-electron chi connectivity index (χ4n) is 5.19. The van der Waals surface area contributed by atoms with Gasteiger partial charge in [0.05, 0.1) is 17.6 Å². The molecule has 0 spiro atoms. The van der Waals surface area contributed by atoms with E-state index in [0.29, 0.717) is 36.2 Å². The third kappa shape index (κ3) is 4.90. The summed E-state index contributed by atoms with van der Waals surface area (Å²) in [5.74, 6) is 0.539. The van der Waals surface area contributed by atoms with Crippen molar-refractivity contribution in [2.45, 2.75) is 25.3 Å². The van der Waals surface area contributed by atoms with Gasteiger partial charge in [0.1, 0.15) is 11.8 Å². The molecule has 1 aromatic rings. The van der Waals surface area contributed by atoms with Crippen molar-refractivity contribution >= 4 is 5.91 Å². The van der Waals surface area contributed by atoms with E-state index in [4.69, 9.17) is 5.26 Å². The van der Waals surface area contributed by atoms with Gasteiger partial charge in [0.25, 0.3) is 5.91 Å². The van der Waals surface area contributed by atoms with Crippen LogP contribution in [0.3, 0.4) is 0 Å². The minimum absolute atomic E-state index is 0.0349. The Labute approximate surface area is 205 Å². The molecular formula is C28H28N6O. The van der Waals surface area contributed by atoms with Crippen molar-refractivity contribution in [1.29, 1.82) is 10.5 Å². The average Bonchev–Trinajstić information content (AvgIpc) is 2.93. The highest BCUT2D eigenvalue weighted by Crippen LogP contribution is 2.35. The summed E-state index contributed by atoms with van der Waals surface area (Å²) in [5, 5.41) is 25.5. The minimum atomic E-state index is -0.0739. The van der Waals surface area contributed by atoms with Crippen molar-refractivity contribution in [3.63, 3.8) is 0 Å². The van der Waals surface area contributed by atoms with E-state index in [1.807, 2.05) is 17.2 Å². The minimum Gasteiger partial charge on any atom is -0.390 e. The van der Waals surface area contributed by atoms with Gasteiger partial charge >= 0.3 is 0 Å². The zero-order valence-electron chi connectivity index (χ0n) is 19.5. The Morgan fingerprint density at radius 1 is 1.17 bits per heavy atom. The van der Waals surface area contributed by atoms with E-state index in [1.165, 1.54) is 11.9 Å². The molecule has 1 saturated heterocycles. The van der Waals surface area contributed by atoms with E-state index in [2.05, 4.69) is 58.1 Å². The van der Waals surface area contributed by atoms with Crippen LogP contribution in [0.15, 0.2) is 77.8 Å². The SMILES string of the molecule is N#Cc1ccc(C(=O)N2CCC(NC3=CC(C4=CC(C#N)CC=C4)=CC4C=CNCC34)CC2)cn1. The second kappa shape index (κ2) is 10.0. The van der Waals surface area contributed by atoms with Crippen molar-refractivity contribution in [3.8, 4) is 12.1 Å². The first-order valence-corrected chi connectivity index (χ1v) is 12.2. The van der Waals surface area contributed by atoms with Gasteiger partial charge in [-0.1, -0.05) is 30.4 Å². The van der Waals surface area contributed by atoms with Gasteiger partial charge in [0.2, 0.25) is 0 Å². The van der Waals surface area contributed by atoms with Crippen LogP contribution in [0.5, 0.6) is 0 Å². The number of pyridine rings is 1. The average molecular weight is 465 g/mol. The summed E-state index contributed by atoms with van der Waals surface area (Å²) < 4.78 is 0. The van der Waals surface area contributed by atoms with Crippen LogP contribution in [0.4, 0.5) is 0 Å². The molecule has 0 radical (unpaired) electrons. The standard InChI is InChI=1S/C28H28N6O/c29-15-19-2-1-3-20(12-19)23-13-21-6-9-31-18-26(21)27(14-23)33-24-7-10-34(11-8-24)28(35)22-4-5-25(16-30)32-17-22/h1,3-6,9,12-14,17,19,21,24,26,31,33H,2,7-8,10-11,18H2. The number of nitriles is 2. The Bertz CT molecular complexity index is 1220. The number of carbonyl (C=O) groups is 1. The third-order valence-corrected chi connectivity index (χ3v) is 7.17. The predicted molar refractivity (Wildman–Crippen MR) is 132 cm³/mol. The number of likely N-dealkylation sites (tertiary alicyclic amines) is 1. The van der Waals surface area contributed by atoms with Crippen LogP contribution in [0.2, 0.25) is 0 Å². The number of allylic oxidation sites excluding steroid dienone is 8. The Morgan fingerprint density at radius 3 is 2.77 bits per heavy atom. The van der Waals surface area contributed by atoms with Crippen molar-refractivity contribution in [2.75, 3.05) is 19.6 Å². The zero-order valence-corrected chi connectivity index (χ0v) is 19.5. The van der Waals surface area contributed by atoms with Crippen molar-refractivity contribution < 1.29 is 4.79 Å². The van der Waals surface area contributed by atoms with Gasteiger partial charge in [-0.15, -0.1) is 0 Å². The van der Waals surface area contributed by atoms with Gasteiger partial charge in [-0.25, -0.2) is 4.98 Å². The van der Waals surface area contributed by atoms with Crippen molar-refractivity contribution in [2.24, 2.45) is 17.8 Å². The fourth-order valence-corrected chi connectivity index (χ4v) is 5.19. The maximum absolute atomic E-state index is 12.9. The summed E-state index contributed by atoms with van der Waals surface area (Å²) in [5.41, 5.74) is 4.33. The van der Waals surface area contributed by atoms with Gasteiger partial charge in [-0.05, 0) is 54.8 Å². The lowest BCUT2D eigenvalue weighted by Gasteiger charge is -2.38. The molecule has 0 saturated carbocycles. The first-order chi connectivity index (χ1) is 17.1. The highest BCUT2D eigenvalue weighted by Gasteiger charge is 2.31. The molecule has 35 heavy (non-hydrogen) atoms. The van der Waals surface area contributed by atoms with E-state index in [9.17, 15) is 10.1 Å². The first kappa shape index (κ1) is 22.7. The van der Waals surface area contributed by atoms with Crippen LogP contribution in [0, 0.1) is 40.4 Å². The smallest absolute Gasteiger partial charge is 0.255 e. The summed E-state index contributed by atoms with van der Waals surface area (Å²) in [4.78, 5) is 18.8. The van der Waals surface area contributed by atoms with Crippen LogP contribution in [0.1, 0.15) is 35.3 Å². The summed E-state index contributed by atoms with van der Waals surface area (Å²) in [7, 11) is 0. The number of amides is 1. The van der Waals surface area contributed by atoms with E-state index in [1.54, 1.807) is 12.1 Å². The lowest BCUT2D eigenvalue weighted by Crippen LogP contribution is -2.47. The first-order valence-electron chi connectivity index (χ1n) is 12.2. The van der Waals surface area contributed by atoms with Gasteiger partial charge in [-0.3, -0.25) is 4.79 Å². The lowest BCUT2D eigenvalue weighted by molar-refractivity contribution is 0.0706. The molecule has 0 aromatic carbocycles. The molecule has 7 heteroatoms. The molecule has 3 atom stereocenters. The molecule has 1 aromatic heterocycles. The van der Waals surface area contributed by atoms with Crippen LogP contribution in [-0.4, -0.2) is 41.5 Å². The molecule has 4 aliphatic rings. The normalized spacial score (nSPS) is 25.7. The largest absolute Gasteiger partial charge is 0.390 e. The molecule has 176 valence electrons. The van der Waals surface area contributed by atoms with Crippen LogP contribution in [0.25, 0.3) is 0 Å². The van der Waals surface area contributed by atoms with E-state index in [-0.39, 0.29) is 17.9 Å². The predicted octanol–water partition coefficient (Wildman–Crippen LogP) is 3.35. The number of hydrogen-bond acceptors (Lipinski definition) is 6. The molecule has 2 aliphatic carbocycles. The van der Waals surface area contributed by atoms with Crippen LogP contribution >= 0.6 is 0 Å². The number of aromatic nitrogens is 1. The third-order valence-electron chi connectivity index (χ3n) is 7.17. The highest BCUT2D eigenvalue weighted by molar-refractivity contribution is 5.94. The van der Waals surface area contributed by atoms with Gasteiger partial charge in [0.15, 0.2) is 0 Å². The fraction of sp³-hybridized carbons (Fsp3) is 0.357. The van der Waals surface area contributed by atoms with Crippen molar-refractivity contribution in [1.82, 2.24) is 20.5 Å². The van der Waals surface area contributed by atoms with E-state index >= 15 is 0 Å². The number of piperidine rings is 1. The summed E-state index contributed by atoms with van der Waals surface area (Å²) >= 11 is 0. The number of hydrogen-bond donors (Lipinski definition) is 2. The molecule has 7 nitrogen and oxygen atoms in total. The molecule has 2 N–H and O–H groups in total. The number of carbonyl (C=O) groups excluding carboxylic acids is 1. The van der Waals surface area contributed by atoms with Gasteiger partial charge < -0.3 is 15.5 Å². The topological polar surface area (TPSA) is 105 Å². The molecule has 5 rings (SSSR count). The number of fused-ring (bicyclic) bond motifs is 1. The van der Waals surface area contributed by atoms with Gasteiger partial charge in [-0.2, -0.15) is 10.5 Å². The monoisotopic (exact) mass is 464 g/mol. The highest BCUT2D eigenvalue weighted by atomic mass is 16.2. The molecule has 3 unspecified atom stereocenters. The van der Waals surface area contributed by atoms with Crippen LogP contribution in [-0.2, 0) is 0 Å². The summed E-state index contributed by atoms with van der Waals surface area (Å²) in [6.45, 7) is 2.23. The van der Waals surface area contributed by atoms with Crippen molar-refractivity contribution in [3.05, 3.63) is 89.1 Å². The number of nitrogens with zero attached hydrogens (tertiary/aromatic N) is 4. The Balaban J connectivity index is 1.27. The maximum atomic E-state index is 12.9. The quantitative estimate of drug-likeness (QED) is 0.708. The number of nitrogens with one attached hydrogen (secondary N) is 2. The second-order valence-corrected chi connectivity index (χ2v) is 9.42. The van der Waals surface area contributed by atoms with E-state index < -0.39 is 0 Å². The molecule has 1 amide bonds. The van der Waals surface area contributed by atoms with Crippen LogP contribution < -0.4 is 10.6 Å². The Kier molecular flexibility index (Phi) is 6.50. The molecular weight excluding hydrogens is 436 g/mol. The lowest BCUT2D eigenvalue weighted by atomic mass is 9.78. The Morgan fingerprint density at radius 2 is 2.03 bits per heavy atom. The summed E-state index contributed by atoms with van der Waals surface area (Å²) in [6, 6.07) is 7.90. The number of rotatable bonds is 4. The van der Waals surface area contributed by atoms with Gasteiger partial charge in [0, 0.05) is 49.4 Å². The Hall–Kier alpha value is -4.10. The zero-order chi connectivity index (χ0) is 24.2. The molecule has 0 bridgehead atoms. The maximum Gasteiger partial charge on any atom is 0.255 e. The molecule has 1 fully saturated rings. The molecule has 3 heterocycles. The molecule has 2 aliphatic heterocycles. The second-order valence-electron chi connectivity index (χ2n) is 9.42. The van der Waals surface area contributed by atoms with E-state index in [0.717, 1.165) is 37.0 Å². The summed E-state index contributed by atoms with van der Waals surface area (Å²) in [6.07, 6.45) is 19.1.